The zero-order valence-electron chi connectivity index (χ0n) is 13.8. The molecule has 0 fully saturated rings. The van der Waals surface area contributed by atoms with Crippen molar-refractivity contribution in [1.82, 2.24) is 25.1 Å². The SMILES string of the molecule is O=C(NCCNc1cc(-n2cccn2)ncn1)c1ccc2c(c1)OCO2. The Kier molecular flexibility index (Phi) is 4.33. The summed E-state index contributed by atoms with van der Waals surface area (Å²) in [5.74, 6) is 2.38. The molecule has 0 aliphatic carbocycles. The number of rotatable bonds is 6. The average molecular weight is 352 g/mol. The van der Waals surface area contributed by atoms with Gasteiger partial charge in [-0.05, 0) is 24.3 Å². The van der Waals surface area contributed by atoms with Crippen molar-refractivity contribution in [2.45, 2.75) is 0 Å². The fourth-order valence-electron chi connectivity index (χ4n) is 2.48. The summed E-state index contributed by atoms with van der Waals surface area (Å²) in [4.78, 5) is 20.5. The van der Waals surface area contributed by atoms with Crippen molar-refractivity contribution in [2.24, 2.45) is 0 Å². The van der Waals surface area contributed by atoms with Gasteiger partial charge in [-0.1, -0.05) is 0 Å². The fraction of sp³-hybridized carbons (Fsp3) is 0.176. The molecular formula is C17H16N6O3. The minimum Gasteiger partial charge on any atom is -0.454 e. The van der Waals surface area contributed by atoms with Crippen molar-refractivity contribution >= 4 is 11.7 Å². The second kappa shape index (κ2) is 7.09. The molecule has 26 heavy (non-hydrogen) atoms. The molecule has 3 heterocycles. The molecule has 9 nitrogen and oxygen atoms in total. The maximum absolute atomic E-state index is 12.2. The number of anilines is 1. The minimum atomic E-state index is -0.176. The van der Waals surface area contributed by atoms with Crippen LogP contribution in [-0.2, 0) is 0 Å². The molecule has 0 radical (unpaired) electrons. The number of carbonyl (C=O) groups excluding carboxylic acids is 1. The van der Waals surface area contributed by atoms with E-state index < -0.39 is 0 Å². The number of benzene rings is 1. The highest BCUT2D eigenvalue weighted by Gasteiger charge is 2.15. The number of carbonyl (C=O) groups is 1. The lowest BCUT2D eigenvalue weighted by Crippen LogP contribution is -2.28. The van der Waals surface area contributed by atoms with Crippen molar-refractivity contribution in [2.75, 3.05) is 25.2 Å². The van der Waals surface area contributed by atoms with Gasteiger partial charge in [0, 0.05) is 37.1 Å². The van der Waals surface area contributed by atoms with E-state index >= 15 is 0 Å². The fourth-order valence-corrected chi connectivity index (χ4v) is 2.48. The summed E-state index contributed by atoms with van der Waals surface area (Å²) in [6.45, 7) is 1.14. The van der Waals surface area contributed by atoms with Gasteiger partial charge < -0.3 is 20.1 Å². The van der Waals surface area contributed by atoms with Crippen LogP contribution in [0.1, 0.15) is 10.4 Å². The van der Waals surface area contributed by atoms with Crippen molar-refractivity contribution in [1.29, 1.82) is 0 Å². The van der Waals surface area contributed by atoms with E-state index in [1.54, 1.807) is 41.3 Å². The summed E-state index contributed by atoms with van der Waals surface area (Å²) in [7, 11) is 0. The molecule has 1 aromatic carbocycles. The Hall–Kier alpha value is -3.62. The molecule has 9 heteroatoms. The van der Waals surface area contributed by atoms with Crippen LogP contribution in [-0.4, -0.2) is 45.5 Å². The van der Waals surface area contributed by atoms with Gasteiger partial charge in [0.2, 0.25) is 6.79 Å². The first-order chi connectivity index (χ1) is 12.8. The van der Waals surface area contributed by atoms with Crippen LogP contribution in [0.25, 0.3) is 5.82 Å². The molecule has 0 bridgehead atoms. The predicted molar refractivity (Wildman–Crippen MR) is 92.5 cm³/mol. The Morgan fingerprint density at radius 3 is 2.96 bits per heavy atom. The Balaban J connectivity index is 1.29. The summed E-state index contributed by atoms with van der Waals surface area (Å²) in [5.41, 5.74) is 0.525. The Morgan fingerprint density at radius 1 is 1.15 bits per heavy atom. The average Bonchev–Trinajstić information content (AvgIpc) is 3.36. The number of hydrogen-bond donors (Lipinski definition) is 2. The summed E-state index contributed by atoms with van der Waals surface area (Å²) in [5, 5.41) is 10.1. The summed E-state index contributed by atoms with van der Waals surface area (Å²) in [6, 6.07) is 8.71. The zero-order chi connectivity index (χ0) is 17.8. The highest BCUT2D eigenvalue weighted by Crippen LogP contribution is 2.32. The highest BCUT2D eigenvalue weighted by atomic mass is 16.7. The molecule has 2 N–H and O–H groups in total. The van der Waals surface area contributed by atoms with Crippen molar-refractivity contribution in [3.8, 4) is 17.3 Å². The molecule has 3 aromatic rings. The van der Waals surface area contributed by atoms with E-state index in [2.05, 4.69) is 25.7 Å². The normalized spacial score (nSPS) is 12.0. The molecular weight excluding hydrogens is 336 g/mol. The lowest BCUT2D eigenvalue weighted by atomic mass is 10.2. The molecule has 0 spiro atoms. The van der Waals surface area contributed by atoms with Crippen molar-refractivity contribution < 1.29 is 14.3 Å². The lowest BCUT2D eigenvalue weighted by Gasteiger charge is -2.08. The number of nitrogens with zero attached hydrogens (tertiary/aromatic N) is 4. The van der Waals surface area contributed by atoms with E-state index in [0.717, 1.165) is 0 Å². The van der Waals surface area contributed by atoms with Gasteiger partial charge in [-0.15, -0.1) is 0 Å². The summed E-state index contributed by atoms with van der Waals surface area (Å²) < 4.78 is 12.2. The van der Waals surface area contributed by atoms with Gasteiger partial charge in [-0.2, -0.15) is 5.10 Å². The molecule has 2 aromatic heterocycles. The lowest BCUT2D eigenvalue weighted by molar-refractivity contribution is 0.0954. The van der Waals surface area contributed by atoms with Gasteiger partial charge in [-0.25, -0.2) is 14.6 Å². The molecule has 0 saturated carbocycles. The van der Waals surface area contributed by atoms with Crippen LogP contribution in [0, 0.1) is 0 Å². The quantitative estimate of drug-likeness (QED) is 0.643. The van der Waals surface area contributed by atoms with Crippen LogP contribution in [0.15, 0.2) is 49.1 Å². The zero-order valence-corrected chi connectivity index (χ0v) is 13.8. The third-order valence-electron chi connectivity index (χ3n) is 3.74. The number of aromatic nitrogens is 4. The first kappa shape index (κ1) is 15.9. The predicted octanol–water partition coefficient (Wildman–Crippen LogP) is 1.23. The monoisotopic (exact) mass is 352 g/mol. The standard InChI is InChI=1S/C17H16N6O3/c24-17(12-2-3-13-14(8-12)26-11-25-13)19-6-5-18-15-9-16(21-10-20-15)23-7-1-4-22-23/h1-4,7-10H,5-6,11H2,(H,19,24)(H,18,20,21). The van der Waals surface area contributed by atoms with Crippen LogP contribution in [0.2, 0.25) is 0 Å². The van der Waals surface area contributed by atoms with E-state index in [-0.39, 0.29) is 12.7 Å². The topological polar surface area (TPSA) is 103 Å². The first-order valence-electron chi connectivity index (χ1n) is 8.03. The Morgan fingerprint density at radius 2 is 2.08 bits per heavy atom. The van der Waals surface area contributed by atoms with E-state index in [1.165, 1.54) is 6.33 Å². The number of amides is 1. The Bertz CT molecular complexity index is 913. The van der Waals surface area contributed by atoms with E-state index in [9.17, 15) is 4.79 Å². The van der Waals surface area contributed by atoms with Gasteiger partial charge in [0.25, 0.3) is 5.91 Å². The molecule has 1 aliphatic heterocycles. The van der Waals surface area contributed by atoms with Gasteiger partial charge in [0.15, 0.2) is 17.3 Å². The second-order valence-corrected chi connectivity index (χ2v) is 5.46. The highest BCUT2D eigenvalue weighted by molar-refractivity contribution is 5.94. The van der Waals surface area contributed by atoms with E-state index in [4.69, 9.17) is 9.47 Å². The first-order valence-corrected chi connectivity index (χ1v) is 8.03. The number of nitrogens with one attached hydrogen (secondary N) is 2. The van der Waals surface area contributed by atoms with Crippen molar-refractivity contribution in [3.63, 3.8) is 0 Å². The minimum absolute atomic E-state index is 0.176. The second-order valence-electron chi connectivity index (χ2n) is 5.46. The smallest absolute Gasteiger partial charge is 0.251 e. The maximum Gasteiger partial charge on any atom is 0.251 e. The third-order valence-corrected chi connectivity index (χ3v) is 3.74. The largest absolute Gasteiger partial charge is 0.454 e. The molecule has 0 atom stereocenters. The third kappa shape index (κ3) is 3.41. The summed E-state index contributed by atoms with van der Waals surface area (Å²) in [6.07, 6.45) is 4.95. The van der Waals surface area contributed by atoms with Crippen LogP contribution < -0.4 is 20.1 Å². The van der Waals surface area contributed by atoms with Gasteiger partial charge >= 0.3 is 0 Å². The van der Waals surface area contributed by atoms with Gasteiger partial charge in [0.05, 0.1) is 0 Å². The number of fused-ring (bicyclic) bond motifs is 1. The molecule has 4 rings (SSSR count). The van der Waals surface area contributed by atoms with Crippen LogP contribution in [0.3, 0.4) is 0 Å². The molecule has 132 valence electrons. The number of hydrogen-bond acceptors (Lipinski definition) is 7. The van der Waals surface area contributed by atoms with Gasteiger partial charge in [-0.3, -0.25) is 4.79 Å². The molecule has 1 amide bonds. The van der Waals surface area contributed by atoms with Crippen LogP contribution in [0.5, 0.6) is 11.5 Å². The molecule has 1 aliphatic rings. The Labute approximate surface area is 149 Å². The van der Waals surface area contributed by atoms with Crippen LogP contribution >= 0.6 is 0 Å². The van der Waals surface area contributed by atoms with E-state index in [0.29, 0.717) is 41.8 Å². The maximum atomic E-state index is 12.2. The summed E-state index contributed by atoms with van der Waals surface area (Å²) >= 11 is 0. The van der Waals surface area contributed by atoms with Gasteiger partial charge in [0.1, 0.15) is 12.1 Å². The van der Waals surface area contributed by atoms with E-state index in [1.807, 2.05) is 6.07 Å². The molecule has 0 unspecified atom stereocenters. The molecule has 0 saturated heterocycles. The number of ether oxygens (including phenoxy) is 2. The van der Waals surface area contributed by atoms with Crippen molar-refractivity contribution in [3.05, 3.63) is 54.6 Å². The van der Waals surface area contributed by atoms with Crippen LogP contribution in [0.4, 0.5) is 5.82 Å².